The van der Waals surface area contributed by atoms with E-state index in [1.54, 1.807) is 6.08 Å². The first-order chi connectivity index (χ1) is 14.1. The molecule has 0 bridgehead atoms. The molecular formula is C22H14ClN3O2S. The third-order valence-corrected chi connectivity index (χ3v) is 5.77. The van der Waals surface area contributed by atoms with Gasteiger partial charge in [0.1, 0.15) is 16.1 Å². The van der Waals surface area contributed by atoms with Gasteiger partial charge in [-0.2, -0.15) is 9.50 Å². The smallest absolute Gasteiger partial charge is 0.291 e. The second-order valence-corrected chi connectivity index (χ2v) is 8.02. The maximum Gasteiger partial charge on any atom is 0.291 e. The van der Waals surface area contributed by atoms with E-state index in [4.69, 9.17) is 16.0 Å². The quantitative estimate of drug-likeness (QED) is 0.429. The lowest BCUT2D eigenvalue weighted by Crippen LogP contribution is -2.23. The summed E-state index contributed by atoms with van der Waals surface area (Å²) in [6, 6.07) is 19.0. The summed E-state index contributed by atoms with van der Waals surface area (Å²) in [5.74, 6) is 1.83. The molecule has 2 aromatic carbocycles. The molecule has 3 aromatic heterocycles. The molecule has 0 saturated heterocycles. The molecule has 0 aliphatic rings. The Labute approximate surface area is 174 Å². The number of rotatable bonds is 3. The average molecular weight is 420 g/mol. The van der Waals surface area contributed by atoms with Gasteiger partial charge in [0.05, 0.1) is 0 Å². The molecule has 0 aliphatic heterocycles. The van der Waals surface area contributed by atoms with E-state index < -0.39 is 0 Å². The molecule has 5 rings (SSSR count). The zero-order valence-electron chi connectivity index (χ0n) is 15.3. The fourth-order valence-corrected chi connectivity index (χ4v) is 4.21. The van der Waals surface area contributed by atoms with Gasteiger partial charge in [0.2, 0.25) is 4.96 Å². The highest BCUT2D eigenvalue weighted by Gasteiger charge is 2.13. The molecule has 0 radical (unpaired) electrons. The van der Waals surface area contributed by atoms with Gasteiger partial charge in [-0.25, -0.2) is 0 Å². The predicted molar refractivity (Wildman–Crippen MR) is 115 cm³/mol. The number of halogens is 1. The summed E-state index contributed by atoms with van der Waals surface area (Å²) < 4.78 is 7.73. The minimum atomic E-state index is -0.210. The number of aromatic nitrogens is 3. The number of aryl methyl sites for hydroxylation is 1. The van der Waals surface area contributed by atoms with Crippen molar-refractivity contribution in [3.8, 4) is 22.7 Å². The van der Waals surface area contributed by atoms with E-state index in [0.29, 0.717) is 31.9 Å². The minimum absolute atomic E-state index is 0.210. The lowest BCUT2D eigenvalue weighted by Gasteiger charge is -1.98. The Morgan fingerprint density at radius 1 is 1.10 bits per heavy atom. The van der Waals surface area contributed by atoms with Gasteiger partial charge in [0.15, 0.2) is 5.82 Å². The predicted octanol–water partition coefficient (Wildman–Crippen LogP) is 4.59. The number of fused-ring (bicyclic) bond motifs is 1. The van der Waals surface area contributed by atoms with Crippen LogP contribution in [0.5, 0.6) is 0 Å². The van der Waals surface area contributed by atoms with Gasteiger partial charge in [0.25, 0.3) is 5.56 Å². The second kappa shape index (κ2) is 6.99. The molecule has 0 spiro atoms. The SMILES string of the molecule is Cc1ccccc1-c1nc2sc(=Cc3ccc(-c4cccc(Cl)c4)o3)c(=O)n2n1. The largest absolute Gasteiger partial charge is 0.457 e. The van der Waals surface area contributed by atoms with E-state index in [1.165, 1.54) is 15.9 Å². The molecule has 0 amide bonds. The monoisotopic (exact) mass is 419 g/mol. The van der Waals surface area contributed by atoms with Crippen molar-refractivity contribution in [3.05, 3.63) is 91.9 Å². The molecule has 3 heterocycles. The van der Waals surface area contributed by atoms with Crippen molar-refractivity contribution >= 4 is 34.0 Å². The summed E-state index contributed by atoms with van der Waals surface area (Å²) >= 11 is 7.33. The van der Waals surface area contributed by atoms with Crippen LogP contribution in [0.25, 0.3) is 33.7 Å². The van der Waals surface area contributed by atoms with Crippen LogP contribution in [0.15, 0.2) is 69.9 Å². The number of hydrogen-bond donors (Lipinski definition) is 0. The Hall–Kier alpha value is -3.22. The zero-order valence-corrected chi connectivity index (χ0v) is 16.9. The summed E-state index contributed by atoms with van der Waals surface area (Å²) in [6.07, 6.45) is 1.71. The second-order valence-electron chi connectivity index (χ2n) is 6.57. The molecular weight excluding hydrogens is 406 g/mol. The van der Waals surface area contributed by atoms with Crippen LogP contribution in [0.2, 0.25) is 5.02 Å². The molecule has 5 nitrogen and oxygen atoms in total. The molecule has 0 fully saturated rings. The molecule has 0 N–H and O–H groups in total. The molecule has 0 aliphatic carbocycles. The highest BCUT2D eigenvalue weighted by atomic mass is 35.5. The summed E-state index contributed by atoms with van der Waals surface area (Å²) in [7, 11) is 0. The van der Waals surface area contributed by atoms with E-state index in [0.717, 1.165) is 16.7 Å². The molecule has 0 saturated carbocycles. The average Bonchev–Trinajstić information content (AvgIpc) is 3.40. The lowest BCUT2D eigenvalue weighted by molar-refractivity contribution is 0.571. The maximum atomic E-state index is 12.8. The summed E-state index contributed by atoms with van der Waals surface area (Å²) in [4.78, 5) is 17.9. The van der Waals surface area contributed by atoms with Crippen molar-refractivity contribution in [2.24, 2.45) is 0 Å². The molecule has 29 heavy (non-hydrogen) atoms. The number of nitrogens with zero attached hydrogens (tertiary/aromatic N) is 3. The van der Waals surface area contributed by atoms with Crippen molar-refractivity contribution < 1.29 is 4.42 Å². The van der Waals surface area contributed by atoms with Gasteiger partial charge in [-0.05, 0) is 36.8 Å². The van der Waals surface area contributed by atoms with Crippen molar-refractivity contribution in [1.82, 2.24) is 14.6 Å². The van der Waals surface area contributed by atoms with Crippen LogP contribution in [0.4, 0.5) is 0 Å². The minimum Gasteiger partial charge on any atom is -0.457 e. The van der Waals surface area contributed by atoms with Gasteiger partial charge in [-0.3, -0.25) is 4.79 Å². The van der Waals surface area contributed by atoms with Gasteiger partial charge in [-0.15, -0.1) is 5.10 Å². The molecule has 5 aromatic rings. The Morgan fingerprint density at radius 3 is 2.76 bits per heavy atom. The van der Waals surface area contributed by atoms with Crippen LogP contribution in [-0.4, -0.2) is 14.6 Å². The van der Waals surface area contributed by atoms with Crippen molar-refractivity contribution in [1.29, 1.82) is 0 Å². The Morgan fingerprint density at radius 2 is 1.97 bits per heavy atom. The zero-order chi connectivity index (χ0) is 20.0. The normalized spacial score (nSPS) is 12.1. The highest BCUT2D eigenvalue weighted by molar-refractivity contribution is 7.15. The van der Waals surface area contributed by atoms with Crippen LogP contribution < -0.4 is 10.1 Å². The van der Waals surface area contributed by atoms with E-state index in [9.17, 15) is 4.79 Å². The maximum absolute atomic E-state index is 12.8. The first-order valence-corrected chi connectivity index (χ1v) is 10.1. The van der Waals surface area contributed by atoms with Crippen LogP contribution in [0.1, 0.15) is 11.3 Å². The van der Waals surface area contributed by atoms with Crippen LogP contribution in [-0.2, 0) is 0 Å². The molecule has 0 unspecified atom stereocenters. The number of furan rings is 1. The van der Waals surface area contributed by atoms with Gasteiger partial charge in [-0.1, -0.05) is 59.3 Å². The van der Waals surface area contributed by atoms with E-state index in [-0.39, 0.29) is 5.56 Å². The van der Waals surface area contributed by atoms with Crippen LogP contribution in [0, 0.1) is 6.92 Å². The Bertz CT molecular complexity index is 1470. The fraction of sp³-hybridized carbons (Fsp3) is 0.0455. The Kier molecular flexibility index (Phi) is 4.30. The first kappa shape index (κ1) is 17.8. The van der Waals surface area contributed by atoms with Crippen molar-refractivity contribution in [3.63, 3.8) is 0 Å². The van der Waals surface area contributed by atoms with Crippen molar-refractivity contribution in [2.45, 2.75) is 6.92 Å². The van der Waals surface area contributed by atoms with E-state index in [2.05, 4.69) is 10.1 Å². The summed E-state index contributed by atoms with van der Waals surface area (Å²) in [5, 5.41) is 5.05. The standard InChI is InChI=1S/C22H14ClN3O2S/c1-13-5-2-3-8-17(13)20-24-22-26(25-20)21(27)19(29-22)12-16-9-10-18(28-16)14-6-4-7-15(23)11-14/h2-12H,1H3. The topological polar surface area (TPSA) is 60.4 Å². The third-order valence-electron chi connectivity index (χ3n) is 4.58. The Balaban J connectivity index is 1.54. The number of benzene rings is 2. The van der Waals surface area contributed by atoms with Gasteiger partial charge in [0, 0.05) is 22.2 Å². The first-order valence-electron chi connectivity index (χ1n) is 8.91. The van der Waals surface area contributed by atoms with E-state index >= 15 is 0 Å². The highest BCUT2D eigenvalue weighted by Crippen LogP contribution is 2.25. The van der Waals surface area contributed by atoms with Gasteiger partial charge >= 0.3 is 0 Å². The number of hydrogen-bond acceptors (Lipinski definition) is 5. The molecule has 0 atom stereocenters. The van der Waals surface area contributed by atoms with Crippen LogP contribution in [0.3, 0.4) is 0 Å². The van der Waals surface area contributed by atoms with Gasteiger partial charge < -0.3 is 4.42 Å². The molecule has 142 valence electrons. The molecule has 7 heteroatoms. The fourth-order valence-electron chi connectivity index (χ4n) is 3.13. The number of thiazole rings is 1. The van der Waals surface area contributed by atoms with Crippen LogP contribution >= 0.6 is 22.9 Å². The summed E-state index contributed by atoms with van der Waals surface area (Å²) in [6.45, 7) is 2.00. The third kappa shape index (κ3) is 3.26. The lowest BCUT2D eigenvalue weighted by atomic mass is 10.1. The van der Waals surface area contributed by atoms with Crippen molar-refractivity contribution in [2.75, 3.05) is 0 Å². The van der Waals surface area contributed by atoms with E-state index in [1.807, 2.05) is 67.6 Å². The summed E-state index contributed by atoms with van der Waals surface area (Å²) in [5.41, 5.74) is 2.66.